The van der Waals surface area contributed by atoms with E-state index in [1.807, 2.05) is 0 Å². The Labute approximate surface area is 62.1 Å². The van der Waals surface area contributed by atoms with Crippen LogP contribution in [0.25, 0.3) is 10.4 Å². The van der Waals surface area contributed by atoms with Crippen LogP contribution in [0, 0.1) is 5.41 Å². The molecule has 0 aromatic carbocycles. The molecule has 0 aromatic heterocycles. The molecule has 0 bridgehead atoms. The summed E-state index contributed by atoms with van der Waals surface area (Å²) >= 11 is 0. The Kier molecular flexibility index (Phi) is 3.89. The number of rotatable bonds is 3. The zero-order valence-corrected chi connectivity index (χ0v) is 6.96. The third kappa shape index (κ3) is 7.31. The standard InChI is InChI=1S/C7H15N3/c1-7(2,3)5-4-6-9-10-8/h4-6H2,1-3H3. The number of nitrogens with zero attached hydrogens (tertiary/aromatic N) is 3. The van der Waals surface area contributed by atoms with Gasteiger partial charge in [-0.1, -0.05) is 25.9 Å². The molecular weight excluding hydrogens is 126 g/mol. The molecule has 10 heavy (non-hydrogen) atoms. The summed E-state index contributed by atoms with van der Waals surface area (Å²) in [7, 11) is 0. The van der Waals surface area contributed by atoms with Crippen molar-refractivity contribution < 1.29 is 0 Å². The van der Waals surface area contributed by atoms with Crippen molar-refractivity contribution in [3.63, 3.8) is 0 Å². The smallest absolute Gasteiger partial charge is 0.0258 e. The molecule has 0 saturated heterocycles. The summed E-state index contributed by atoms with van der Waals surface area (Å²) in [5.74, 6) is 0. The Morgan fingerprint density at radius 1 is 1.40 bits per heavy atom. The second kappa shape index (κ2) is 4.18. The molecule has 0 unspecified atom stereocenters. The van der Waals surface area contributed by atoms with Gasteiger partial charge in [0.25, 0.3) is 0 Å². The summed E-state index contributed by atoms with van der Waals surface area (Å²) in [6.45, 7) is 7.18. The molecule has 0 N–H and O–H groups in total. The van der Waals surface area contributed by atoms with E-state index >= 15 is 0 Å². The third-order valence-electron chi connectivity index (χ3n) is 1.25. The number of azide groups is 1. The van der Waals surface area contributed by atoms with Crippen LogP contribution in [0.15, 0.2) is 5.11 Å². The zero-order chi connectivity index (χ0) is 8.04. The maximum Gasteiger partial charge on any atom is 0.0258 e. The first-order valence-electron chi connectivity index (χ1n) is 3.57. The number of hydrogen-bond acceptors (Lipinski definition) is 1. The predicted molar refractivity (Wildman–Crippen MR) is 42.7 cm³/mol. The molecule has 0 radical (unpaired) electrons. The van der Waals surface area contributed by atoms with Crippen LogP contribution in [-0.2, 0) is 0 Å². The highest BCUT2D eigenvalue weighted by Gasteiger charge is 2.07. The van der Waals surface area contributed by atoms with Crippen molar-refractivity contribution in [2.24, 2.45) is 10.5 Å². The van der Waals surface area contributed by atoms with Gasteiger partial charge in [-0.3, -0.25) is 0 Å². The number of hydrogen-bond donors (Lipinski definition) is 0. The van der Waals surface area contributed by atoms with Gasteiger partial charge in [0.1, 0.15) is 0 Å². The van der Waals surface area contributed by atoms with E-state index in [4.69, 9.17) is 5.53 Å². The molecular formula is C7H15N3. The van der Waals surface area contributed by atoms with Crippen LogP contribution < -0.4 is 0 Å². The second-order valence-corrected chi connectivity index (χ2v) is 3.62. The molecule has 3 heteroatoms. The summed E-state index contributed by atoms with van der Waals surface area (Å²) in [6, 6.07) is 0. The lowest BCUT2D eigenvalue weighted by molar-refractivity contribution is 0.368. The molecule has 0 aliphatic heterocycles. The van der Waals surface area contributed by atoms with Gasteiger partial charge >= 0.3 is 0 Å². The van der Waals surface area contributed by atoms with E-state index in [2.05, 4.69) is 30.8 Å². The van der Waals surface area contributed by atoms with Crippen molar-refractivity contribution in [2.75, 3.05) is 6.54 Å². The molecule has 0 aliphatic carbocycles. The minimum absolute atomic E-state index is 0.366. The van der Waals surface area contributed by atoms with Crippen LogP contribution in [0.3, 0.4) is 0 Å². The highest BCUT2D eigenvalue weighted by molar-refractivity contribution is 4.61. The van der Waals surface area contributed by atoms with Crippen molar-refractivity contribution in [3.8, 4) is 0 Å². The van der Waals surface area contributed by atoms with Gasteiger partial charge < -0.3 is 0 Å². The largest absolute Gasteiger partial charge is 0.0940 e. The fraction of sp³-hybridized carbons (Fsp3) is 1.00. The predicted octanol–water partition coefficient (Wildman–Crippen LogP) is 3.12. The van der Waals surface area contributed by atoms with E-state index in [0.717, 1.165) is 12.8 Å². The van der Waals surface area contributed by atoms with Gasteiger partial charge in [-0.2, -0.15) is 0 Å². The molecule has 3 nitrogen and oxygen atoms in total. The normalized spacial score (nSPS) is 10.7. The first-order chi connectivity index (χ1) is 4.56. The van der Waals surface area contributed by atoms with E-state index in [9.17, 15) is 0 Å². The highest BCUT2D eigenvalue weighted by Crippen LogP contribution is 2.19. The lowest BCUT2D eigenvalue weighted by Gasteiger charge is -2.16. The Balaban J connectivity index is 3.28. The van der Waals surface area contributed by atoms with Crippen molar-refractivity contribution in [3.05, 3.63) is 10.4 Å². The molecule has 0 rings (SSSR count). The van der Waals surface area contributed by atoms with E-state index in [1.54, 1.807) is 0 Å². The van der Waals surface area contributed by atoms with Crippen molar-refractivity contribution in [2.45, 2.75) is 33.6 Å². The van der Waals surface area contributed by atoms with Crippen molar-refractivity contribution >= 4 is 0 Å². The average Bonchev–Trinajstić information content (AvgIpc) is 1.78. The van der Waals surface area contributed by atoms with E-state index in [-0.39, 0.29) is 0 Å². The van der Waals surface area contributed by atoms with Gasteiger partial charge in [-0.25, -0.2) is 0 Å². The lowest BCUT2D eigenvalue weighted by atomic mass is 9.91. The van der Waals surface area contributed by atoms with Gasteiger partial charge in [0.05, 0.1) is 0 Å². The monoisotopic (exact) mass is 141 g/mol. The Hall–Kier alpha value is -0.690. The molecule has 0 fully saturated rings. The summed E-state index contributed by atoms with van der Waals surface area (Å²) < 4.78 is 0. The molecule has 0 aliphatic rings. The third-order valence-corrected chi connectivity index (χ3v) is 1.25. The van der Waals surface area contributed by atoms with Crippen LogP contribution in [0.2, 0.25) is 0 Å². The van der Waals surface area contributed by atoms with Gasteiger partial charge in [0.15, 0.2) is 0 Å². The maximum atomic E-state index is 7.95. The summed E-state index contributed by atoms with van der Waals surface area (Å²) in [4.78, 5) is 2.68. The van der Waals surface area contributed by atoms with E-state index in [1.165, 1.54) is 0 Å². The Morgan fingerprint density at radius 2 is 2.00 bits per heavy atom. The van der Waals surface area contributed by atoms with Crippen molar-refractivity contribution in [1.82, 2.24) is 0 Å². The zero-order valence-electron chi connectivity index (χ0n) is 6.96. The Morgan fingerprint density at radius 3 is 2.40 bits per heavy atom. The van der Waals surface area contributed by atoms with Crippen LogP contribution in [-0.4, -0.2) is 6.54 Å². The highest BCUT2D eigenvalue weighted by atomic mass is 15.1. The molecule has 0 heterocycles. The fourth-order valence-corrected chi connectivity index (χ4v) is 0.725. The SMILES string of the molecule is CC(C)(C)CCCN=[N+]=[N-]. The first-order valence-corrected chi connectivity index (χ1v) is 3.57. The average molecular weight is 141 g/mol. The molecule has 0 saturated carbocycles. The molecule has 0 atom stereocenters. The summed E-state index contributed by atoms with van der Waals surface area (Å²) in [6.07, 6.45) is 2.11. The van der Waals surface area contributed by atoms with Gasteiger partial charge in [-0.15, -0.1) is 0 Å². The lowest BCUT2D eigenvalue weighted by Crippen LogP contribution is -2.04. The summed E-state index contributed by atoms with van der Waals surface area (Å²) in [5, 5.41) is 3.46. The topological polar surface area (TPSA) is 48.8 Å². The van der Waals surface area contributed by atoms with E-state index in [0.29, 0.717) is 12.0 Å². The van der Waals surface area contributed by atoms with Crippen LogP contribution in [0.1, 0.15) is 33.6 Å². The van der Waals surface area contributed by atoms with Crippen LogP contribution in [0.5, 0.6) is 0 Å². The minimum Gasteiger partial charge on any atom is -0.0940 e. The fourth-order valence-electron chi connectivity index (χ4n) is 0.725. The minimum atomic E-state index is 0.366. The van der Waals surface area contributed by atoms with E-state index < -0.39 is 0 Å². The Bertz CT molecular complexity index is 128. The molecule has 0 aromatic rings. The summed E-state index contributed by atoms with van der Waals surface area (Å²) in [5.41, 5.74) is 8.32. The first kappa shape index (κ1) is 9.31. The molecule has 58 valence electrons. The van der Waals surface area contributed by atoms with Crippen LogP contribution in [0.4, 0.5) is 0 Å². The van der Waals surface area contributed by atoms with Gasteiger partial charge in [-0.05, 0) is 23.8 Å². The second-order valence-electron chi connectivity index (χ2n) is 3.62. The van der Waals surface area contributed by atoms with Gasteiger partial charge in [0, 0.05) is 11.5 Å². The van der Waals surface area contributed by atoms with Crippen molar-refractivity contribution in [1.29, 1.82) is 0 Å². The van der Waals surface area contributed by atoms with Gasteiger partial charge in [0.2, 0.25) is 0 Å². The quantitative estimate of drug-likeness (QED) is 0.251. The maximum absolute atomic E-state index is 7.95. The molecule has 0 spiro atoms. The molecule has 0 amide bonds. The van der Waals surface area contributed by atoms with Crippen LogP contribution >= 0.6 is 0 Å².